The molecular formula is C25H29NO6. The Bertz CT molecular complexity index is 1020. The fourth-order valence-corrected chi connectivity index (χ4v) is 2.95. The molecule has 0 aliphatic carbocycles. The molecule has 0 saturated heterocycles. The van der Waals surface area contributed by atoms with E-state index in [0.717, 1.165) is 11.1 Å². The van der Waals surface area contributed by atoms with Crippen molar-refractivity contribution in [2.24, 2.45) is 0 Å². The minimum atomic E-state index is -0.415. The summed E-state index contributed by atoms with van der Waals surface area (Å²) in [7, 11) is 2.92. The van der Waals surface area contributed by atoms with Gasteiger partial charge in [0, 0.05) is 31.4 Å². The number of anilines is 1. The van der Waals surface area contributed by atoms with E-state index >= 15 is 0 Å². The number of aromatic hydroxyl groups is 1. The summed E-state index contributed by atoms with van der Waals surface area (Å²) in [5, 5.41) is 13.6. The van der Waals surface area contributed by atoms with E-state index in [1.54, 1.807) is 36.4 Å². The van der Waals surface area contributed by atoms with Crippen LogP contribution in [0.4, 0.5) is 5.69 Å². The van der Waals surface area contributed by atoms with E-state index in [1.165, 1.54) is 27.2 Å². The number of rotatable bonds is 10. The van der Waals surface area contributed by atoms with Crippen molar-refractivity contribution in [3.05, 3.63) is 64.7 Å². The molecular weight excluding hydrogens is 410 g/mol. The maximum Gasteiger partial charge on any atom is 0.221 e. The van der Waals surface area contributed by atoms with E-state index in [1.807, 2.05) is 19.9 Å². The van der Waals surface area contributed by atoms with E-state index in [0.29, 0.717) is 23.4 Å². The average Bonchev–Trinajstić information content (AvgIpc) is 2.75. The first-order chi connectivity index (χ1) is 15.3. The van der Waals surface area contributed by atoms with Crippen LogP contribution in [0.25, 0.3) is 6.08 Å². The van der Waals surface area contributed by atoms with E-state index in [-0.39, 0.29) is 29.8 Å². The number of ketones is 1. The number of phenols is 1. The lowest BCUT2D eigenvalue weighted by molar-refractivity contribution is -0.114. The van der Waals surface area contributed by atoms with E-state index in [9.17, 15) is 14.7 Å². The fraction of sp³-hybridized carbons (Fsp3) is 0.280. The van der Waals surface area contributed by atoms with Gasteiger partial charge in [-0.1, -0.05) is 29.9 Å². The first-order valence-corrected chi connectivity index (χ1v) is 10.0. The summed E-state index contributed by atoms with van der Waals surface area (Å²) in [6, 6.07) is 8.60. The maximum atomic E-state index is 13.0. The monoisotopic (exact) mass is 439 g/mol. The van der Waals surface area contributed by atoms with Crippen LogP contribution in [0.1, 0.15) is 42.3 Å². The molecule has 2 rings (SSSR count). The van der Waals surface area contributed by atoms with Crippen LogP contribution >= 0.6 is 0 Å². The van der Waals surface area contributed by atoms with Crippen molar-refractivity contribution in [2.45, 2.75) is 27.2 Å². The maximum absolute atomic E-state index is 13.0. The van der Waals surface area contributed by atoms with Crippen LogP contribution in [0.5, 0.6) is 17.2 Å². The first-order valence-electron chi connectivity index (χ1n) is 10.0. The highest BCUT2D eigenvalue weighted by molar-refractivity contribution is 6.11. The predicted octanol–water partition coefficient (Wildman–Crippen LogP) is 4.75. The molecule has 0 bridgehead atoms. The van der Waals surface area contributed by atoms with Gasteiger partial charge in [-0.15, -0.1) is 0 Å². The van der Waals surface area contributed by atoms with Gasteiger partial charge in [-0.05, 0) is 44.0 Å². The van der Waals surface area contributed by atoms with Crippen LogP contribution in [-0.2, 0) is 16.0 Å². The van der Waals surface area contributed by atoms with E-state index < -0.39 is 5.78 Å². The van der Waals surface area contributed by atoms with Gasteiger partial charge in [0.05, 0.1) is 7.11 Å². The van der Waals surface area contributed by atoms with Crippen LogP contribution in [0.15, 0.2) is 48.1 Å². The third-order valence-corrected chi connectivity index (χ3v) is 4.50. The third kappa shape index (κ3) is 6.72. The second kappa shape index (κ2) is 11.7. The second-order valence-corrected chi connectivity index (χ2v) is 7.32. The Hall–Kier alpha value is -3.58. The fourth-order valence-electron chi connectivity index (χ4n) is 2.95. The van der Waals surface area contributed by atoms with Crippen LogP contribution in [-0.4, -0.2) is 37.8 Å². The van der Waals surface area contributed by atoms with Gasteiger partial charge in [-0.3, -0.25) is 9.59 Å². The lowest BCUT2D eigenvalue weighted by Gasteiger charge is -2.17. The summed E-state index contributed by atoms with van der Waals surface area (Å²) in [5.74, 6) is -0.184. The summed E-state index contributed by atoms with van der Waals surface area (Å²) in [5.41, 5.74) is 3.01. The second-order valence-electron chi connectivity index (χ2n) is 7.32. The average molecular weight is 440 g/mol. The number of allylic oxidation sites excluding steroid dienone is 3. The molecule has 0 atom stereocenters. The molecule has 1 amide bonds. The standard InChI is InChI=1S/C25H29NO6/c1-16(2)6-12-20-22(32-15-30-4)14-23(31-5)24(25(20)29)21(28)13-9-18-7-10-19(11-8-18)26-17(3)27/h6-11,13-14,29H,12,15H2,1-5H3,(H,26,27)/b13-9+. The molecule has 0 spiro atoms. The number of methoxy groups -OCH3 is 2. The van der Waals surface area contributed by atoms with Gasteiger partial charge >= 0.3 is 0 Å². The van der Waals surface area contributed by atoms with Crippen molar-refractivity contribution in [1.29, 1.82) is 0 Å². The zero-order chi connectivity index (χ0) is 23.7. The summed E-state index contributed by atoms with van der Waals surface area (Å²) in [4.78, 5) is 24.1. The Balaban J connectivity index is 2.40. The first kappa shape index (κ1) is 24.7. The van der Waals surface area contributed by atoms with Crippen molar-refractivity contribution < 1.29 is 28.9 Å². The molecule has 0 unspecified atom stereocenters. The normalized spacial score (nSPS) is 10.7. The molecule has 7 heteroatoms. The summed E-state index contributed by atoms with van der Waals surface area (Å²) in [6.07, 6.45) is 5.31. The van der Waals surface area contributed by atoms with Crippen molar-refractivity contribution in [2.75, 3.05) is 26.3 Å². The van der Waals surface area contributed by atoms with Crippen LogP contribution in [0.3, 0.4) is 0 Å². The smallest absolute Gasteiger partial charge is 0.221 e. The van der Waals surface area contributed by atoms with Gasteiger partial charge in [0.15, 0.2) is 12.6 Å². The molecule has 0 radical (unpaired) electrons. The number of amides is 1. The number of ether oxygens (including phenoxy) is 3. The topological polar surface area (TPSA) is 94.1 Å². The molecule has 32 heavy (non-hydrogen) atoms. The number of carbonyl (C=O) groups excluding carboxylic acids is 2. The summed E-state index contributed by atoms with van der Waals surface area (Å²) >= 11 is 0. The molecule has 0 fully saturated rings. The van der Waals surface area contributed by atoms with Gasteiger partial charge in [0.2, 0.25) is 5.91 Å². The van der Waals surface area contributed by atoms with E-state index in [4.69, 9.17) is 14.2 Å². The zero-order valence-corrected chi connectivity index (χ0v) is 19.0. The van der Waals surface area contributed by atoms with Crippen LogP contribution in [0.2, 0.25) is 0 Å². The summed E-state index contributed by atoms with van der Waals surface area (Å²) < 4.78 is 15.9. The van der Waals surface area contributed by atoms with Crippen LogP contribution < -0.4 is 14.8 Å². The molecule has 0 aromatic heterocycles. The van der Waals surface area contributed by atoms with Crippen molar-refractivity contribution >= 4 is 23.5 Å². The van der Waals surface area contributed by atoms with Gasteiger partial charge in [-0.2, -0.15) is 0 Å². The SMILES string of the molecule is COCOc1cc(OC)c(C(=O)/C=C/c2ccc(NC(C)=O)cc2)c(O)c1CC=C(C)C. The molecule has 0 heterocycles. The molecule has 2 N–H and O–H groups in total. The van der Waals surface area contributed by atoms with Gasteiger partial charge in [0.25, 0.3) is 0 Å². The Morgan fingerprint density at radius 3 is 2.31 bits per heavy atom. The summed E-state index contributed by atoms with van der Waals surface area (Å²) in [6.45, 7) is 5.32. The minimum Gasteiger partial charge on any atom is -0.507 e. The van der Waals surface area contributed by atoms with Gasteiger partial charge < -0.3 is 24.6 Å². The molecule has 2 aromatic carbocycles. The van der Waals surface area contributed by atoms with Crippen molar-refractivity contribution in [3.63, 3.8) is 0 Å². The number of carbonyl (C=O) groups is 2. The molecule has 7 nitrogen and oxygen atoms in total. The Morgan fingerprint density at radius 2 is 1.75 bits per heavy atom. The number of hydrogen-bond acceptors (Lipinski definition) is 6. The Labute approximate surface area is 188 Å². The number of nitrogens with one attached hydrogen (secondary N) is 1. The highest BCUT2D eigenvalue weighted by atomic mass is 16.7. The van der Waals surface area contributed by atoms with E-state index in [2.05, 4.69) is 5.32 Å². The lowest BCUT2D eigenvalue weighted by Crippen LogP contribution is -2.07. The van der Waals surface area contributed by atoms with Crippen LogP contribution in [0, 0.1) is 0 Å². The minimum absolute atomic E-state index is 0.00784. The van der Waals surface area contributed by atoms with Crippen molar-refractivity contribution in [3.8, 4) is 17.2 Å². The lowest BCUT2D eigenvalue weighted by atomic mass is 9.99. The number of phenolic OH excluding ortho intramolecular Hbond substituents is 1. The molecule has 2 aromatic rings. The Kier molecular flexibility index (Phi) is 9.04. The number of benzene rings is 2. The molecule has 0 saturated carbocycles. The van der Waals surface area contributed by atoms with Gasteiger partial charge in [0.1, 0.15) is 22.8 Å². The quantitative estimate of drug-likeness (QED) is 0.240. The third-order valence-electron chi connectivity index (χ3n) is 4.50. The Morgan fingerprint density at radius 1 is 1.06 bits per heavy atom. The molecule has 0 aliphatic heterocycles. The molecule has 0 aliphatic rings. The molecule has 170 valence electrons. The van der Waals surface area contributed by atoms with Gasteiger partial charge in [-0.25, -0.2) is 0 Å². The highest BCUT2D eigenvalue weighted by Gasteiger charge is 2.23. The predicted molar refractivity (Wildman–Crippen MR) is 124 cm³/mol. The number of hydrogen-bond donors (Lipinski definition) is 2. The highest BCUT2D eigenvalue weighted by Crippen LogP contribution is 2.40. The zero-order valence-electron chi connectivity index (χ0n) is 19.0. The largest absolute Gasteiger partial charge is 0.507 e. The van der Waals surface area contributed by atoms with Crippen molar-refractivity contribution in [1.82, 2.24) is 0 Å².